The van der Waals surface area contributed by atoms with Crippen molar-refractivity contribution in [1.29, 1.82) is 0 Å². The number of morpholine rings is 1. The average Bonchev–Trinajstić information content (AvgIpc) is 3.12. The number of anilines is 1. The Hall–Kier alpha value is -2.96. The van der Waals surface area contributed by atoms with E-state index in [1.807, 2.05) is 12.1 Å². The van der Waals surface area contributed by atoms with E-state index in [9.17, 15) is 0 Å². The molecule has 142 valence electrons. The zero-order valence-electron chi connectivity index (χ0n) is 15.7. The van der Waals surface area contributed by atoms with Crippen molar-refractivity contribution in [3.05, 3.63) is 54.6 Å². The fourth-order valence-electron chi connectivity index (χ4n) is 3.70. The lowest BCUT2D eigenvalue weighted by atomic mass is 10.0. The monoisotopic (exact) mass is 374 g/mol. The van der Waals surface area contributed by atoms with E-state index in [4.69, 9.17) is 9.15 Å². The first-order valence-corrected chi connectivity index (χ1v) is 9.57. The molecule has 0 bridgehead atoms. The molecular formula is C22H22N4O2. The Morgan fingerprint density at radius 2 is 2.11 bits per heavy atom. The minimum absolute atomic E-state index is 0.166. The Morgan fingerprint density at radius 1 is 1.18 bits per heavy atom. The molecule has 5 rings (SSSR count). The van der Waals surface area contributed by atoms with Crippen molar-refractivity contribution >= 4 is 27.7 Å². The highest BCUT2D eigenvalue weighted by Crippen LogP contribution is 2.33. The summed E-state index contributed by atoms with van der Waals surface area (Å²) in [5, 5.41) is 7.99. The third-order valence-electron chi connectivity index (χ3n) is 5.19. The molecule has 6 heteroatoms. The van der Waals surface area contributed by atoms with Crippen molar-refractivity contribution < 1.29 is 9.15 Å². The van der Waals surface area contributed by atoms with E-state index in [2.05, 4.69) is 45.7 Å². The minimum Gasteiger partial charge on any atom is -0.464 e. The van der Waals surface area contributed by atoms with Gasteiger partial charge in [-0.15, -0.1) is 0 Å². The molecule has 3 heterocycles. The highest BCUT2D eigenvalue weighted by atomic mass is 16.5. The molecule has 0 spiro atoms. The van der Waals surface area contributed by atoms with Gasteiger partial charge in [0.05, 0.1) is 30.0 Å². The van der Waals surface area contributed by atoms with Gasteiger partial charge in [-0.05, 0) is 42.3 Å². The second-order valence-electron chi connectivity index (χ2n) is 7.16. The molecule has 0 amide bonds. The van der Waals surface area contributed by atoms with Crippen molar-refractivity contribution in [3.63, 3.8) is 0 Å². The molecule has 1 unspecified atom stereocenters. The predicted molar refractivity (Wildman–Crippen MR) is 111 cm³/mol. The lowest BCUT2D eigenvalue weighted by Gasteiger charge is -2.24. The zero-order valence-corrected chi connectivity index (χ0v) is 15.7. The molecule has 2 aromatic heterocycles. The Labute approximate surface area is 162 Å². The van der Waals surface area contributed by atoms with Gasteiger partial charge in [0.1, 0.15) is 5.58 Å². The molecule has 0 aliphatic carbocycles. The second kappa shape index (κ2) is 7.22. The molecule has 4 aromatic rings. The van der Waals surface area contributed by atoms with Crippen LogP contribution in [0.25, 0.3) is 33.1 Å². The average molecular weight is 374 g/mol. The van der Waals surface area contributed by atoms with Gasteiger partial charge in [0, 0.05) is 48.7 Å². The molecule has 28 heavy (non-hydrogen) atoms. The maximum absolute atomic E-state index is 5.79. The molecule has 2 aromatic carbocycles. The van der Waals surface area contributed by atoms with E-state index in [0.717, 1.165) is 70.6 Å². The summed E-state index contributed by atoms with van der Waals surface area (Å²) in [6, 6.07) is 10.4. The number of nitrogens with one attached hydrogen (secondary N) is 2. The number of hydrogen-bond acceptors (Lipinski definition) is 6. The van der Waals surface area contributed by atoms with Gasteiger partial charge in [0.2, 0.25) is 0 Å². The second-order valence-corrected chi connectivity index (χ2v) is 7.16. The summed E-state index contributed by atoms with van der Waals surface area (Å²) in [7, 11) is 0. The highest BCUT2D eigenvalue weighted by Gasteiger charge is 2.15. The summed E-state index contributed by atoms with van der Waals surface area (Å²) in [6.45, 7) is 5.35. The van der Waals surface area contributed by atoms with Crippen molar-refractivity contribution in [2.24, 2.45) is 0 Å². The van der Waals surface area contributed by atoms with E-state index in [-0.39, 0.29) is 6.10 Å². The quantitative estimate of drug-likeness (QED) is 0.567. The molecule has 2 N–H and O–H groups in total. The largest absolute Gasteiger partial charge is 0.464 e. The number of benzene rings is 2. The van der Waals surface area contributed by atoms with Gasteiger partial charge >= 0.3 is 0 Å². The number of fused-ring (bicyclic) bond motifs is 2. The number of rotatable bonds is 4. The van der Waals surface area contributed by atoms with Crippen LogP contribution in [-0.2, 0) is 4.74 Å². The molecule has 1 aliphatic heterocycles. The van der Waals surface area contributed by atoms with Crippen LogP contribution in [0.1, 0.15) is 5.56 Å². The number of nitrogens with zero attached hydrogens (tertiary/aromatic N) is 2. The molecule has 0 radical (unpaired) electrons. The Morgan fingerprint density at radius 3 is 3.00 bits per heavy atom. The summed E-state index contributed by atoms with van der Waals surface area (Å²) in [5.74, 6) is 0. The lowest BCUT2D eigenvalue weighted by Crippen LogP contribution is -2.42. The third kappa shape index (κ3) is 3.21. The van der Waals surface area contributed by atoms with Crippen molar-refractivity contribution in [2.75, 3.05) is 31.6 Å². The predicted octanol–water partition coefficient (Wildman–Crippen LogP) is 3.75. The minimum atomic E-state index is 0.166. The highest BCUT2D eigenvalue weighted by molar-refractivity contribution is 5.97. The maximum Gasteiger partial charge on any atom is 0.134 e. The Balaban J connectivity index is 1.55. The number of aryl methyl sites for hydroxylation is 1. The summed E-state index contributed by atoms with van der Waals surface area (Å²) in [5.41, 5.74) is 6.95. The van der Waals surface area contributed by atoms with Crippen LogP contribution in [0.15, 0.2) is 53.4 Å². The Bertz CT molecular complexity index is 1130. The fourth-order valence-corrected chi connectivity index (χ4v) is 3.70. The first-order chi connectivity index (χ1) is 13.8. The van der Waals surface area contributed by atoms with E-state index in [0.29, 0.717) is 0 Å². The van der Waals surface area contributed by atoms with Crippen LogP contribution >= 0.6 is 0 Å². The normalized spacial score (nSPS) is 17.2. The zero-order chi connectivity index (χ0) is 18.9. The van der Waals surface area contributed by atoms with Crippen LogP contribution in [0.4, 0.5) is 5.69 Å². The van der Waals surface area contributed by atoms with E-state index in [1.54, 1.807) is 18.7 Å². The first-order valence-electron chi connectivity index (χ1n) is 9.57. The molecule has 1 aliphatic rings. The number of hydrogen-bond donors (Lipinski definition) is 2. The molecule has 1 fully saturated rings. The van der Waals surface area contributed by atoms with Crippen LogP contribution < -0.4 is 10.6 Å². The smallest absolute Gasteiger partial charge is 0.134 e. The number of aromatic nitrogens is 2. The van der Waals surface area contributed by atoms with Gasteiger partial charge < -0.3 is 19.8 Å². The Kier molecular flexibility index (Phi) is 4.43. The summed E-state index contributed by atoms with van der Waals surface area (Å²) in [6.07, 6.45) is 5.43. The molecule has 6 nitrogen and oxygen atoms in total. The van der Waals surface area contributed by atoms with Gasteiger partial charge in [-0.3, -0.25) is 9.97 Å². The molecule has 1 saturated heterocycles. The van der Waals surface area contributed by atoms with E-state index < -0.39 is 0 Å². The summed E-state index contributed by atoms with van der Waals surface area (Å²) < 4.78 is 11.4. The fraction of sp³-hybridized carbons (Fsp3) is 0.273. The van der Waals surface area contributed by atoms with Crippen LogP contribution in [0, 0.1) is 6.92 Å². The maximum atomic E-state index is 5.79. The number of furan rings is 1. The first kappa shape index (κ1) is 17.2. The summed E-state index contributed by atoms with van der Waals surface area (Å²) in [4.78, 5) is 9.12. The van der Waals surface area contributed by atoms with Gasteiger partial charge in [0.25, 0.3) is 0 Å². The van der Waals surface area contributed by atoms with E-state index in [1.165, 1.54) is 0 Å². The third-order valence-corrected chi connectivity index (χ3v) is 5.19. The van der Waals surface area contributed by atoms with Gasteiger partial charge in [-0.25, -0.2) is 0 Å². The van der Waals surface area contributed by atoms with Gasteiger partial charge in [-0.2, -0.15) is 0 Å². The van der Waals surface area contributed by atoms with Crippen molar-refractivity contribution in [3.8, 4) is 11.1 Å². The van der Waals surface area contributed by atoms with Gasteiger partial charge in [0.15, 0.2) is 0 Å². The molecule has 0 saturated carbocycles. The van der Waals surface area contributed by atoms with Crippen molar-refractivity contribution in [1.82, 2.24) is 15.3 Å². The van der Waals surface area contributed by atoms with Crippen LogP contribution in [-0.4, -0.2) is 42.3 Å². The van der Waals surface area contributed by atoms with Crippen LogP contribution in [0.3, 0.4) is 0 Å². The summed E-state index contributed by atoms with van der Waals surface area (Å²) >= 11 is 0. The van der Waals surface area contributed by atoms with Gasteiger partial charge in [-0.1, -0.05) is 6.07 Å². The number of ether oxygens (including phenoxy) is 1. The lowest BCUT2D eigenvalue weighted by molar-refractivity contribution is 0.0372. The molecular weight excluding hydrogens is 352 g/mol. The van der Waals surface area contributed by atoms with Crippen LogP contribution in [0.5, 0.6) is 0 Å². The van der Waals surface area contributed by atoms with Crippen LogP contribution in [0.2, 0.25) is 0 Å². The SMILES string of the molecule is Cc1coc2ccc(-c3cc(NCC4CNCCO4)cc4nccnc34)cc12. The topological polar surface area (TPSA) is 72.2 Å². The standard InChI is InChI=1S/C22H22N4O2/c1-14-13-28-21-3-2-15(8-18(14)21)19-9-16(10-20-22(19)25-5-4-24-20)26-12-17-11-23-6-7-27-17/h2-5,8-10,13,17,23,26H,6-7,11-12H2,1H3. The molecule has 1 atom stereocenters. The van der Waals surface area contributed by atoms with E-state index >= 15 is 0 Å². The van der Waals surface area contributed by atoms with Crippen molar-refractivity contribution in [2.45, 2.75) is 13.0 Å².